The van der Waals surface area contributed by atoms with E-state index in [1.807, 2.05) is 51.1 Å². The van der Waals surface area contributed by atoms with Crippen molar-refractivity contribution in [1.82, 2.24) is 10.2 Å². The van der Waals surface area contributed by atoms with Crippen LogP contribution in [0.4, 0.5) is 5.69 Å². The second kappa shape index (κ2) is 10.8. The van der Waals surface area contributed by atoms with E-state index in [2.05, 4.69) is 15.5 Å². The maximum absolute atomic E-state index is 13.1. The van der Waals surface area contributed by atoms with Crippen LogP contribution >= 0.6 is 11.6 Å². The summed E-state index contributed by atoms with van der Waals surface area (Å²) < 4.78 is 0. The third-order valence-corrected chi connectivity index (χ3v) is 4.87. The third-order valence-electron chi connectivity index (χ3n) is 4.56. The minimum absolute atomic E-state index is 0.130. The summed E-state index contributed by atoms with van der Waals surface area (Å²) in [7, 11) is 0. The predicted octanol–water partition coefficient (Wildman–Crippen LogP) is 4.50. The number of amides is 2. The zero-order valence-electron chi connectivity index (χ0n) is 16.7. The van der Waals surface area contributed by atoms with Crippen molar-refractivity contribution in [2.45, 2.75) is 33.2 Å². The monoisotopic (exact) mass is 401 g/mol. The Kier molecular flexibility index (Phi) is 8.48. The second-order valence-electron chi connectivity index (χ2n) is 6.47. The summed E-state index contributed by atoms with van der Waals surface area (Å²) in [4.78, 5) is 27.3. The fraction of sp³-hybridized carbons (Fsp3) is 0.364. The smallest absolute Gasteiger partial charge is 0.252 e. The minimum atomic E-state index is -0.400. The van der Waals surface area contributed by atoms with Gasteiger partial charge in [-0.25, -0.2) is 0 Å². The van der Waals surface area contributed by atoms with Gasteiger partial charge in [-0.15, -0.1) is 0 Å². The number of hydrogen-bond acceptors (Lipinski definition) is 3. The first kappa shape index (κ1) is 21.9. The molecule has 0 heterocycles. The number of carbonyl (C=O) groups is 2. The first-order valence-corrected chi connectivity index (χ1v) is 10.1. The highest BCUT2D eigenvalue weighted by molar-refractivity contribution is 6.34. The van der Waals surface area contributed by atoms with E-state index >= 15 is 0 Å². The van der Waals surface area contributed by atoms with E-state index in [0.717, 1.165) is 25.1 Å². The van der Waals surface area contributed by atoms with E-state index < -0.39 is 6.04 Å². The number of halogens is 1. The van der Waals surface area contributed by atoms with E-state index in [1.54, 1.807) is 18.2 Å². The fourth-order valence-electron chi connectivity index (χ4n) is 3.07. The van der Waals surface area contributed by atoms with E-state index in [1.165, 1.54) is 0 Å². The predicted molar refractivity (Wildman–Crippen MR) is 115 cm³/mol. The van der Waals surface area contributed by atoms with Gasteiger partial charge < -0.3 is 10.6 Å². The first-order chi connectivity index (χ1) is 13.5. The van der Waals surface area contributed by atoms with Crippen molar-refractivity contribution in [1.29, 1.82) is 0 Å². The lowest BCUT2D eigenvalue weighted by atomic mass is 10.0. The van der Waals surface area contributed by atoms with Gasteiger partial charge in [0.2, 0.25) is 5.91 Å². The highest BCUT2D eigenvalue weighted by Gasteiger charge is 2.26. The molecule has 2 rings (SSSR count). The molecule has 0 spiro atoms. The number of anilines is 1. The number of hydrogen-bond donors (Lipinski definition) is 2. The number of likely N-dealkylation sites (N-methyl/N-ethyl adjacent to an activating group) is 1. The molecular weight excluding hydrogens is 374 g/mol. The van der Waals surface area contributed by atoms with Crippen LogP contribution in [0.1, 0.15) is 49.2 Å². The van der Waals surface area contributed by atoms with E-state index in [0.29, 0.717) is 22.8 Å². The molecule has 150 valence electrons. The lowest BCUT2D eigenvalue weighted by Gasteiger charge is -2.29. The Morgan fingerprint density at radius 2 is 1.71 bits per heavy atom. The molecule has 0 radical (unpaired) electrons. The normalized spacial score (nSPS) is 11.9. The molecule has 0 bridgehead atoms. The van der Waals surface area contributed by atoms with Gasteiger partial charge in [-0.2, -0.15) is 0 Å². The summed E-state index contributed by atoms with van der Waals surface area (Å²) in [6, 6.07) is 14.3. The van der Waals surface area contributed by atoms with Crippen LogP contribution in [0, 0.1) is 0 Å². The maximum Gasteiger partial charge on any atom is 0.252 e. The van der Waals surface area contributed by atoms with Crippen LogP contribution in [0.3, 0.4) is 0 Å². The molecular formula is C22H28ClN3O2. The summed E-state index contributed by atoms with van der Waals surface area (Å²) >= 11 is 6.28. The van der Waals surface area contributed by atoms with Crippen LogP contribution in [0.25, 0.3) is 0 Å². The van der Waals surface area contributed by atoms with Crippen molar-refractivity contribution < 1.29 is 9.59 Å². The molecule has 5 nitrogen and oxygen atoms in total. The Labute approximate surface area is 172 Å². The molecule has 2 amide bonds. The van der Waals surface area contributed by atoms with Gasteiger partial charge in [-0.1, -0.05) is 62.7 Å². The highest BCUT2D eigenvalue weighted by atomic mass is 35.5. The average Bonchev–Trinajstić information content (AvgIpc) is 2.70. The van der Waals surface area contributed by atoms with Gasteiger partial charge in [0.1, 0.15) is 6.04 Å². The van der Waals surface area contributed by atoms with Crippen molar-refractivity contribution in [3.8, 4) is 0 Å². The minimum Gasteiger partial charge on any atom is -0.352 e. The molecule has 0 aliphatic heterocycles. The standard InChI is InChI=1S/C22H28ClN3O2/c1-4-14-24-21(27)18-13-12-17(15-19(18)23)25-22(28)20(26(5-2)6-3)16-10-8-7-9-11-16/h7-13,15,20H,4-6,14H2,1-3H3,(H,24,27)(H,25,28). The zero-order valence-corrected chi connectivity index (χ0v) is 17.4. The van der Waals surface area contributed by atoms with Crippen molar-refractivity contribution in [2.24, 2.45) is 0 Å². The SMILES string of the molecule is CCCNC(=O)c1ccc(NC(=O)C(c2ccccc2)N(CC)CC)cc1Cl. The molecule has 2 aromatic rings. The summed E-state index contributed by atoms with van der Waals surface area (Å²) in [5, 5.41) is 6.06. The quantitative estimate of drug-likeness (QED) is 0.650. The number of benzene rings is 2. The van der Waals surface area contributed by atoms with Crippen molar-refractivity contribution in [2.75, 3.05) is 25.0 Å². The molecule has 1 atom stereocenters. The maximum atomic E-state index is 13.1. The van der Waals surface area contributed by atoms with E-state index in [-0.39, 0.29) is 11.8 Å². The molecule has 0 saturated carbocycles. The molecule has 0 saturated heterocycles. The summed E-state index contributed by atoms with van der Waals surface area (Å²) in [5.41, 5.74) is 1.90. The van der Waals surface area contributed by atoms with Gasteiger partial charge in [0.15, 0.2) is 0 Å². The van der Waals surface area contributed by atoms with Gasteiger partial charge in [0.05, 0.1) is 10.6 Å². The Morgan fingerprint density at radius 1 is 1.04 bits per heavy atom. The van der Waals surface area contributed by atoms with Crippen molar-refractivity contribution in [3.63, 3.8) is 0 Å². The third kappa shape index (κ3) is 5.57. The largest absolute Gasteiger partial charge is 0.352 e. The van der Waals surface area contributed by atoms with Crippen LogP contribution in [-0.4, -0.2) is 36.3 Å². The van der Waals surface area contributed by atoms with Crippen LogP contribution < -0.4 is 10.6 Å². The fourth-order valence-corrected chi connectivity index (χ4v) is 3.34. The van der Waals surface area contributed by atoms with Crippen molar-refractivity contribution in [3.05, 3.63) is 64.7 Å². The number of nitrogens with zero attached hydrogens (tertiary/aromatic N) is 1. The average molecular weight is 402 g/mol. The molecule has 0 aliphatic rings. The zero-order chi connectivity index (χ0) is 20.5. The molecule has 0 fully saturated rings. The molecule has 1 unspecified atom stereocenters. The summed E-state index contributed by atoms with van der Waals surface area (Å²) in [5.74, 6) is -0.343. The Bertz CT molecular complexity index is 792. The number of carbonyl (C=O) groups excluding carboxylic acids is 2. The molecule has 0 aromatic heterocycles. The molecule has 2 aromatic carbocycles. The lowest BCUT2D eigenvalue weighted by Crippen LogP contribution is -2.37. The topological polar surface area (TPSA) is 61.4 Å². The Hall–Kier alpha value is -2.37. The molecule has 2 N–H and O–H groups in total. The van der Waals surface area contributed by atoms with Crippen LogP contribution in [0.15, 0.2) is 48.5 Å². The lowest BCUT2D eigenvalue weighted by molar-refractivity contribution is -0.121. The van der Waals surface area contributed by atoms with Gasteiger partial charge in [-0.3, -0.25) is 14.5 Å². The van der Waals surface area contributed by atoms with Crippen molar-refractivity contribution >= 4 is 29.1 Å². The van der Waals surface area contributed by atoms with Gasteiger partial charge in [0.25, 0.3) is 5.91 Å². The molecule has 0 aliphatic carbocycles. The number of nitrogens with one attached hydrogen (secondary N) is 2. The van der Waals surface area contributed by atoms with E-state index in [9.17, 15) is 9.59 Å². The second-order valence-corrected chi connectivity index (χ2v) is 6.88. The Morgan fingerprint density at radius 3 is 2.29 bits per heavy atom. The van der Waals surface area contributed by atoms with E-state index in [4.69, 9.17) is 11.6 Å². The first-order valence-electron chi connectivity index (χ1n) is 9.69. The van der Waals surface area contributed by atoms with Crippen LogP contribution in [-0.2, 0) is 4.79 Å². The number of rotatable bonds is 9. The summed E-state index contributed by atoms with van der Waals surface area (Å²) in [6.45, 7) is 8.15. The van der Waals surface area contributed by atoms with Gasteiger partial charge in [-0.05, 0) is 43.3 Å². The van der Waals surface area contributed by atoms with Crippen LogP contribution in [0.5, 0.6) is 0 Å². The highest BCUT2D eigenvalue weighted by Crippen LogP contribution is 2.25. The van der Waals surface area contributed by atoms with Gasteiger partial charge in [0, 0.05) is 12.2 Å². The molecule has 28 heavy (non-hydrogen) atoms. The molecule has 6 heteroatoms. The van der Waals surface area contributed by atoms with Crippen LogP contribution in [0.2, 0.25) is 5.02 Å². The Balaban J connectivity index is 2.21. The van der Waals surface area contributed by atoms with Gasteiger partial charge >= 0.3 is 0 Å². The summed E-state index contributed by atoms with van der Waals surface area (Å²) in [6.07, 6.45) is 0.851.